The van der Waals surface area contributed by atoms with Crippen molar-refractivity contribution in [3.05, 3.63) is 41.0 Å². The Labute approximate surface area is 140 Å². The Balaban J connectivity index is 2.10. The molecule has 1 atom stereocenters. The zero-order chi connectivity index (χ0) is 17.0. The molecule has 0 saturated heterocycles. The first-order valence-corrected chi connectivity index (χ1v) is 8.29. The predicted octanol–water partition coefficient (Wildman–Crippen LogP) is 3.68. The number of benzene rings is 1. The van der Waals surface area contributed by atoms with E-state index in [4.69, 9.17) is 4.74 Å². The Morgan fingerprint density at radius 2 is 2.00 bits per heavy atom. The van der Waals surface area contributed by atoms with Crippen molar-refractivity contribution in [1.82, 2.24) is 10.3 Å². The van der Waals surface area contributed by atoms with Gasteiger partial charge >= 0.3 is 6.09 Å². The molecule has 124 valence electrons. The number of ether oxygens (including phenoxy) is 1. The average molecular weight is 334 g/mol. The summed E-state index contributed by atoms with van der Waals surface area (Å²) in [7, 11) is 0. The lowest BCUT2D eigenvalue weighted by molar-refractivity contribution is 0.0482. The number of amides is 1. The quantitative estimate of drug-likeness (QED) is 0.895. The Kier molecular flexibility index (Phi) is 5.38. The van der Waals surface area contributed by atoms with Crippen LogP contribution in [0.1, 0.15) is 38.1 Å². The molecule has 0 aliphatic heterocycles. The number of nitrogens with one attached hydrogen (secondary N) is 1. The van der Waals surface area contributed by atoms with Gasteiger partial charge < -0.3 is 15.2 Å². The fourth-order valence-electron chi connectivity index (χ4n) is 2.13. The number of hydrogen-bond donors (Lipinski definition) is 2. The molecule has 1 aromatic carbocycles. The van der Waals surface area contributed by atoms with Gasteiger partial charge in [-0.1, -0.05) is 24.3 Å². The average Bonchev–Trinajstić information content (AvgIpc) is 2.89. The molecule has 5 nitrogen and oxygen atoms in total. The van der Waals surface area contributed by atoms with Crippen LogP contribution in [0.2, 0.25) is 0 Å². The first-order chi connectivity index (χ1) is 10.8. The second-order valence-corrected chi connectivity index (χ2v) is 7.13. The maximum atomic E-state index is 11.8. The van der Waals surface area contributed by atoms with Gasteiger partial charge in [0, 0.05) is 0 Å². The number of hydrogen-bond acceptors (Lipinski definition) is 5. The molecule has 23 heavy (non-hydrogen) atoms. The summed E-state index contributed by atoms with van der Waals surface area (Å²) in [4.78, 5) is 17.2. The molecular formula is C17H22N2O3S. The molecule has 0 aliphatic rings. The van der Waals surface area contributed by atoms with E-state index in [0.29, 0.717) is 0 Å². The minimum atomic E-state index is -0.572. The van der Waals surface area contributed by atoms with Crippen LogP contribution in [-0.4, -0.2) is 28.4 Å². The lowest BCUT2D eigenvalue weighted by Crippen LogP contribution is -2.36. The van der Waals surface area contributed by atoms with E-state index in [1.165, 1.54) is 0 Å². The highest BCUT2D eigenvalue weighted by molar-refractivity contribution is 7.13. The molecule has 2 aromatic rings. The predicted molar refractivity (Wildman–Crippen MR) is 91.5 cm³/mol. The Bertz CT molecular complexity index is 659. The third-order valence-corrected chi connectivity index (χ3v) is 4.17. The summed E-state index contributed by atoms with van der Waals surface area (Å²) in [5.41, 5.74) is 4.14. The number of nitrogens with zero attached hydrogens (tertiary/aromatic N) is 1. The van der Waals surface area contributed by atoms with Gasteiger partial charge in [0.05, 0.1) is 28.7 Å². The first kappa shape index (κ1) is 17.4. The summed E-state index contributed by atoms with van der Waals surface area (Å²) in [6.45, 7) is 7.17. The number of thiazole rings is 1. The number of aryl methyl sites for hydroxylation is 1. The normalized spacial score (nSPS) is 12.7. The van der Waals surface area contributed by atoms with Crippen molar-refractivity contribution < 1.29 is 14.6 Å². The third-order valence-electron chi connectivity index (χ3n) is 3.19. The van der Waals surface area contributed by atoms with Gasteiger partial charge in [-0.05, 0) is 38.8 Å². The topological polar surface area (TPSA) is 71.5 Å². The highest BCUT2D eigenvalue weighted by Gasteiger charge is 2.20. The van der Waals surface area contributed by atoms with Crippen LogP contribution in [0.5, 0.6) is 0 Å². The fraction of sp³-hybridized carbons (Fsp3) is 0.412. The van der Waals surface area contributed by atoms with Crippen LogP contribution in [0.25, 0.3) is 10.4 Å². The number of aromatic nitrogens is 1. The molecule has 6 heteroatoms. The van der Waals surface area contributed by atoms with E-state index in [1.807, 2.05) is 36.7 Å². The summed E-state index contributed by atoms with van der Waals surface area (Å²) in [5, 5.41) is 12.2. The second-order valence-electron chi connectivity index (χ2n) is 6.27. The lowest BCUT2D eigenvalue weighted by Gasteiger charge is -2.23. The van der Waals surface area contributed by atoms with Crippen molar-refractivity contribution in [2.45, 2.75) is 39.3 Å². The van der Waals surface area contributed by atoms with Crippen LogP contribution in [0, 0.1) is 6.92 Å². The van der Waals surface area contributed by atoms with Crippen LogP contribution in [0.3, 0.4) is 0 Å². The van der Waals surface area contributed by atoms with Crippen LogP contribution < -0.4 is 5.32 Å². The zero-order valence-corrected chi connectivity index (χ0v) is 14.6. The molecule has 0 fully saturated rings. The molecule has 0 bridgehead atoms. The summed E-state index contributed by atoms with van der Waals surface area (Å²) in [6.07, 6.45) is -0.543. The van der Waals surface area contributed by atoms with Crippen molar-refractivity contribution in [3.63, 3.8) is 0 Å². The molecule has 1 heterocycles. The molecule has 2 rings (SSSR count). The smallest absolute Gasteiger partial charge is 0.408 e. The van der Waals surface area contributed by atoms with Gasteiger partial charge in [-0.15, -0.1) is 11.3 Å². The highest BCUT2D eigenvalue weighted by Crippen LogP contribution is 2.28. The number of alkyl carbamates (subject to hydrolysis) is 1. The van der Waals surface area contributed by atoms with Crippen LogP contribution in [0.15, 0.2) is 29.8 Å². The molecular weight excluding hydrogens is 312 g/mol. The number of aliphatic hydroxyl groups is 1. The Morgan fingerprint density at radius 1 is 1.35 bits per heavy atom. The first-order valence-electron chi connectivity index (χ1n) is 7.41. The van der Waals surface area contributed by atoms with E-state index < -0.39 is 17.7 Å². The van der Waals surface area contributed by atoms with Crippen LogP contribution in [0.4, 0.5) is 4.79 Å². The number of carbonyl (C=O) groups excluding carboxylic acids is 1. The highest BCUT2D eigenvalue weighted by atomic mass is 32.1. The molecule has 0 radical (unpaired) electrons. The largest absolute Gasteiger partial charge is 0.444 e. The number of carbonyl (C=O) groups is 1. The van der Waals surface area contributed by atoms with E-state index >= 15 is 0 Å². The summed E-state index contributed by atoms with van der Waals surface area (Å²) in [6, 6.07) is 7.23. The summed E-state index contributed by atoms with van der Waals surface area (Å²) in [5.74, 6) is 0. The maximum Gasteiger partial charge on any atom is 0.408 e. The molecule has 0 saturated carbocycles. The molecule has 1 aromatic heterocycles. The van der Waals surface area contributed by atoms with Crippen LogP contribution in [-0.2, 0) is 4.74 Å². The van der Waals surface area contributed by atoms with Gasteiger partial charge in [0.1, 0.15) is 5.60 Å². The Hall–Kier alpha value is -1.92. The third kappa shape index (κ3) is 4.77. The van der Waals surface area contributed by atoms with Crippen molar-refractivity contribution >= 4 is 17.4 Å². The molecule has 2 N–H and O–H groups in total. The van der Waals surface area contributed by atoms with Crippen molar-refractivity contribution in [1.29, 1.82) is 0 Å². The number of aliphatic hydroxyl groups excluding tert-OH is 1. The summed E-state index contributed by atoms with van der Waals surface area (Å²) >= 11 is 1.59. The van der Waals surface area contributed by atoms with Gasteiger partial charge in [-0.3, -0.25) is 0 Å². The number of rotatable bonds is 4. The van der Waals surface area contributed by atoms with Crippen LogP contribution >= 0.6 is 11.3 Å². The van der Waals surface area contributed by atoms with Gasteiger partial charge in [0.15, 0.2) is 0 Å². The Morgan fingerprint density at radius 3 is 2.48 bits per heavy atom. The molecule has 0 aliphatic carbocycles. The second kappa shape index (κ2) is 7.10. The van der Waals surface area contributed by atoms with Gasteiger partial charge in [0.25, 0.3) is 0 Å². The standard InChI is InChI=1S/C17H22N2O3S/c1-11-15(23-10-18-11)13-7-5-12(6-8-13)14(9-20)19-16(21)22-17(2,3)4/h5-8,10,14,20H,9H2,1-4H3,(H,19,21)/t14-/m1/s1. The zero-order valence-electron chi connectivity index (χ0n) is 13.8. The lowest BCUT2D eigenvalue weighted by atomic mass is 10.0. The van der Waals surface area contributed by atoms with Gasteiger partial charge in [-0.2, -0.15) is 0 Å². The van der Waals surface area contributed by atoms with E-state index in [2.05, 4.69) is 10.3 Å². The van der Waals surface area contributed by atoms with Crippen molar-refractivity contribution in [3.8, 4) is 10.4 Å². The van der Waals surface area contributed by atoms with Crippen molar-refractivity contribution in [2.75, 3.05) is 6.61 Å². The van der Waals surface area contributed by atoms with Gasteiger partial charge in [-0.25, -0.2) is 9.78 Å². The molecule has 0 unspecified atom stereocenters. The minimum Gasteiger partial charge on any atom is -0.444 e. The van der Waals surface area contributed by atoms with E-state index in [0.717, 1.165) is 21.7 Å². The van der Waals surface area contributed by atoms with Gasteiger partial charge in [0.2, 0.25) is 0 Å². The summed E-state index contributed by atoms with van der Waals surface area (Å²) < 4.78 is 5.22. The minimum absolute atomic E-state index is 0.196. The SMILES string of the molecule is Cc1ncsc1-c1ccc([C@@H](CO)NC(=O)OC(C)(C)C)cc1. The monoisotopic (exact) mass is 334 g/mol. The van der Waals surface area contributed by atoms with E-state index in [1.54, 1.807) is 32.1 Å². The molecule has 0 spiro atoms. The molecule has 1 amide bonds. The van der Waals surface area contributed by atoms with E-state index in [-0.39, 0.29) is 6.61 Å². The van der Waals surface area contributed by atoms with Crippen molar-refractivity contribution in [2.24, 2.45) is 0 Å². The maximum absolute atomic E-state index is 11.8. The fourth-order valence-corrected chi connectivity index (χ4v) is 2.94. The van der Waals surface area contributed by atoms with E-state index in [9.17, 15) is 9.90 Å².